The van der Waals surface area contributed by atoms with Crippen LogP contribution in [0.3, 0.4) is 0 Å². The molecule has 6 nitrogen and oxygen atoms in total. The molecule has 1 fully saturated rings. The molecule has 3 aromatic rings. The van der Waals surface area contributed by atoms with Crippen LogP contribution in [-0.2, 0) is 11.8 Å². The predicted octanol–water partition coefficient (Wildman–Crippen LogP) is 2.47. The molecule has 1 atom stereocenters. The lowest BCUT2D eigenvalue weighted by Gasteiger charge is -2.40. The fraction of sp³-hybridized carbons (Fsp3) is 0.368. The van der Waals surface area contributed by atoms with Gasteiger partial charge in [-0.3, -0.25) is 14.9 Å². The van der Waals surface area contributed by atoms with Crippen molar-refractivity contribution in [3.63, 3.8) is 0 Å². The van der Waals surface area contributed by atoms with Crippen molar-refractivity contribution in [3.05, 3.63) is 53.6 Å². The van der Waals surface area contributed by atoms with Gasteiger partial charge in [-0.2, -0.15) is 5.10 Å². The van der Waals surface area contributed by atoms with Crippen LogP contribution in [0.4, 0.5) is 0 Å². The Kier molecular flexibility index (Phi) is 3.13. The average Bonchev–Trinajstić information content (AvgIpc) is 3.26. The minimum Gasteiger partial charge on any atom is -0.336 e. The lowest BCUT2D eigenvalue weighted by molar-refractivity contribution is 0.0627. The molecule has 1 aliphatic heterocycles. The first kappa shape index (κ1) is 14.6. The van der Waals surface area contributed by atoms with Crippen LogP contribution >= 0.6 is 0 Å². The van der Waals surface area contributed by atoms with Gasteiger partial charge in [0.05, 0.1) is 23.4 Å². The molecule has 25 heavy (non-hydrogen) atoms. The standard InChI is InChI=1S/C19H19N5O/c25-18(16-11-20-14-4-1-2-5-15(14)22-16)24-9-3-7-19(12-24)8-6-13-10-21-23-17(13)19/h1-2,4-5,10-11H,3,6-9,12H2,(H,21,23). The Morgan fingerprint density at radius 3 is 2.96 bits per heavy atom. The quantitative estimate of drug-likeness (QED) is 0.742. The van der Waals surface area contributed by atoms with Gasteiger partial charge in [0.25, 0.3) is 5.91 Å². The van der Waals surface area contributed by atoms with Gasteiger partial charge in [-0.1, -0.05) is 12.1 Å². The zero-order valence-electron chi connectivity index (χ0n) is 13.9. The molecule has 2 aromatic heterocycles. The van der Waals surface area contributed by atoms with E-state index < -0.39 is 0 Å². The molecule has 3 heterocycles. The smallest absolute Gasteiger partial charge is 0.274 e. The van der Waals surface area contributed by atoms with Crippen molar-refractivity contribution in [3.8, 4) is 0 Å². The Balaban J connectivity index is 1.45. The second-order valence-corrected chi connectivity index (χ2v) is 7.12. The number of H-pyrrole nitrogens is 1. The van der Waals surface area contributed by atoms with Gasteiger partial charge in [-0.15, -0.1) is 0 Å². The molecule has 1 N–H and O–H groups in total. The van der Waals surface area contributed by atoms with E-state index in [2.05, 4.69) is 20.2 Å². The third kappa shape index (κ3) is 2.24. The highest BCUT2D eigenvalue weighted by Gasteiger charge is 2.44. The molecule has 1 unspecified atom stereocenters. The number of aromatic amines is 1. The van der Waals surface area contributed by atoms with Gasteiger partial charge in [-0.25, -0.2) is 4.98 Å². The van der Waals surface area contributed by atoms with Gasteiger partial charge < -0.3 is 4.90 Å². The van der Waals surface area contributed by atoms with Crippen molar-refractivity contribution in [1.82, 2.24) is 25.1 Å². The van der Waals surface area contributed by atoms with Gasteiger partial charge >= 0.3 is 0 Å². The van der Waals surface area contributed by atoms with Crippen LogP contribution in [0.25, 0.3) is 11.0 Å². The van der Waals surface area contributed by atoms with Crippen LogP contribution in [0.15, 0.2) is 36.7 Å². The number of likely N-dealkylation sites (tertiary alicyclic amines) is 1. The summed E-state index contributed by atoms with van der Waals surface area (Å²) in [5.41, 5.74) is 4.57. The van der Waals surface area contributed by atoms with Crippen LogP contribution in [0.1, 0.15) is 41.0 Å². The monoisotopic (exact) mass is 333 g/mol. The summed E-state index contributed by atoms with van der Waals surface area (Å²) in [6.07, 6.45) is 7.77. The SMILES string of the molecule is O=C(c1cnc2ccccc2n1)N1CCCC2(CCc3cn[nH]c32)C1. The number of piperidine rings is 1. The molecule has 1 aliphatic carbocycles. The second-order valence-electron chi connectivity index (χ2n) is 7.12. The summed E-state index contributed by atoms with van der Waals surface area (Å²) < 4.78 is 0. The van der Waals surface area contributed by atoms with Crippen molar-refractivity contribution in [2.24, 2.45) is 0 Å². The Bertz CT molecular complexity index is 965. The van der Waals surface area contributed by atoms with Crippen LogP contribution in [0.5, 0.6) is 0 Å². The number of aromatic nitrogens is 4. The van der Waals surface area contributed by atoms with Crippen LogP contribution < -0.4 is 0 Å². The maximum atomic E-state index is 13.0. The molecule has 1 aromatic carbocycles. The minimum atomic E-state index is -0.0229. The summed E-state index contributed by atoms with van der Waals surface area (Å²) >= 11 is 0. The summed E-state index contributed by atoms with van der Waals surface area (Å²) in [6.45, 7) is 1.51. The molecule has 0 saturated carbocycles. The largest absolute Gasteiger partial charge is 0.336 e. The third-order valence-corrected chi connectivity index (χ3v) is 5.65. The average molecular weight is 333 g/mol. The number of nitrogens with one attached hydrogen (secondary N) is 1. The third-order valence-electron chi connectivity index (χ3n) is 5.65. The second kappa shape index (κ2) is 5.37. The Morgan fingerprint density at radius 1 is 1.16 bits per heavy atom. The van der Waals surface area contributed by atoms with Crippen molar-refractivity contribution in [2.75, 3.05) is 13.1 Å². The van der Waals surface area contributed by atoms with Crippen molar-refractivity contribution >= 4 is 16.9 Å². The highest BCUT2D eigenvalue weighted by molar-refractivity contribution is 5.94. The number of carbonyl (C=O) groups excluding carboxylic acids is 1. The van der Waals surface area contributed by atoms with E-state index in [0.29, 0.717) is 5.69 Å². The Hall–Kier alpha value is -2.76. The highest BCUT2D eigenvalue weighted by Crippen LogP contribution is 2.43. The number of hydrogen-bond donors (Lipinski definition) is 1. The molecule has 0 bridgehead atoms. The van der Waals surface area contributed by atoms with Gasteiger partial charge in [0.15, 0.2) is 0 Å². The molecule has 126 valence electrons. The maximum Gasteiger partial charge on any atom is 0.274 e. The van der Waals surface area contributed by atoms with E-state index in [1.807, 2.05) is 35.4 Å². The van der Waals surface area contributed by atoms with E-state index in [1.165, 1.54) is 11.3 Å². The minimum absolute atomic E-state index is 0.0229. The van der Waals surface area contributed by atoms with Crippen LogP contribution in [0, 0.1) is 0 Å². The summed E-state index contributed by atoms with van der Waals surface area (Å²) in [6, 6.07) is 7.64. The lowest BCUT2D eigenvalue weighted by Crippen LogP contribution is -2.48. The zero-order valence-corrected chi connectivity index (χ0v) is 13.9. The van der Waals surface area contributed by atoms with Gasteiger partial charge in [0.2, 0.25) is 0 Å². The summed E-state index contributed by atoms with van der Waals surface area (Å²) in [4.78, 5) is 23.9. The van der Waals surface area contributed by atoms with E-state index in [-0.39, 0.29) is 11.3 Å². The lowest BCUT2D eigenvalue weighted by atomic mass is 9.77. The molecule has 2 aliphatic rings. The highest BCUT2D eigenvalue weighted by atomic mass is 16.2. The first-order valence-electron chi connectivity index (χ1n) is 8.79. The summed E-state index contributed by atoms with van der Waals surface area (Å²) in [7, 11) is 0. The van der Waals surface area contributed by atoms with Crippen LogP contribution in [0.2, 0.25) is 0 Å². The van der Waals surface area contributed by atoms with Gasteiger partial charge in [-0.05, 0) is 43.4 Å². The zero-order chi connectivity index (χ0) is 16.9. The van der Waals surface area contributed by atoms with E-state index in [9.17, 15) is 4.79 Å². The number of benzene rings is 1. The number of fused-ring (bicyclic) bond motifs is 3. The fourth-order valence-electron chi connectivity index (χ4n) is 4.39. The molecule has 1 saturated heterocycles. The molecule has 1 spiro atoms. The number of aryl methyl sites for hydroxylation is 1. The van der Waals surface area contributed by atoms with E-state index >= 15 is 0 Å². The Morgan fingerprint density at radius 2 is 2.04 bits per heavy atom. The normalized spacial score (nSPS) is 22.5. The molecule has 1 amide bonds. The van der Waals surface area contributed by atoms with Crippen molar-refractivity contribution in [1.29, 1.82) is 0 Å². The van der Waals surface area contributed by atoms with Crippen molar-refractivity contribution < 1.29 is 4.79 Å². The van der Waals surface area contributed by atoms with Crippen molar-refractivity contribution in [2.45, 2.75) is 31.1 Å². The van der Waals surface area contributed by atoms with E-state index in [4.69, 9.17) is 0 Å². The number of hydrogen-bond acceptors (Lipinski definition) is 4. The first-order chi connectivity index (χ1) is 12.3. The summed E-state index contributed by atoms with van der Waals surface area (Å²) in [5, 5.41) is 7.39. The van der Waals surface area contributed by atoms with Crippen LogP contribution in [-0.4, -0.2) is 44.1 Å². The summed E-state index contributed by atoms with van der Waals surface area (Å²) in [5.74, 6) is -0.0229. The van der Waals surface area contributed by atoms with Gasteiger partial charge in [0, 0.05) is 24.2 Å². The Labute approximate surface area is 145 Å². The number of rotatable bonds is 1. The first-order valence-corrected chi connectivity index (χ1v) is 8.79. The fourth-order valence-corrected chi connectivity index (χ4v) is 4.39. The van der Waals surface area contributed by atoms with E-state index in [1.54, 1.807) is 6.20 Å². The molecule has 0 radical (unpaired) electrons. The molecule has 5 rings (SSSR count). The number of para-hydroxylation sites is 2. The predicted molar refractivity (Wildman–Crippen MR) is 93.3 cm³/mol. The number of amides is 1. The topological polar surface area (TPSA) is 74.8 Å². The molecular weight excluding hydrogens is 314 g/mol. The maximum absolute atomic E-state index is 13.0. The number of carbonyl (C=O) groups is 1. The van der Waals surface area contributed by atoms with Gasteiger partial charge in [0.1, 0.15) is 5.69 Å². The molecule has 6 heteroatoms. The number of nitrogens with zero attached hydrogens (tertiary/aromatic N) is 4. The molecular formula is C19H19N5O. The van der Waals surface area contributed by atoms with E-state index in [0.717, 1.165) is 49.8 Å².